The number of aromatic nitrogens is 2. The highest BCUT2D eigenvalue weighted by molar-refractivity contribution is 5.22. The van der Waals surface area contributed by atoms with Crippen LogP contribution in [0.15, 0.2) is 12.4 Å². The summed E-state index contributed by atoms with van der Waals surface area (Å²) in [6, 6.07) is 2.49. The maximum atomic E-state index is 8.69. The molecule has 4 heteroatoms. The van der Waals surface area contributed by atoms with Gasteiger partial charge in [-0.15, -0.1) is 0 Å². The zero-order chi connectivity index (χ0) is 9.97. The lowest BCUT2D eigenvalue weighted by atomic mass is 10.0. The zero-order valence-electron chi connectivity index (χ0n) is 8.06. The van der Waals surface area contributed by atoms with Gasteiger partial charge in [-0.1, -0.05) is 6.42 Å². The van der Waals surface area contributed by atoms with Gasteiger partial charge in [0.2, 0.25) is 0 Å². The van der Waals surface area contributed by atoms with Gasteiger partial charge >= 0.3 is 0 Å². The van der Waals surface area contributed by atoms with Gasteiger partial charge in [-0.05, 0) is 25.3 Å². The quantitative estimate of drug-likeness (QED) is 0.758. The van der Waals surface area contributed by atoms with E-state index in [4.69, 9.17) is 11.0 Å². The smallest absolute Gasteiger partial charge is 0.102 e. The van der Waals surface area contributed by atoms with E-state index in [0.29, 0.717) is 24.1 Å². The fourth-order valence-electron chi connectivity index (χ4n) is 2.22. The lowest BCUT2D eigenvalue weighted by Gasteiger charge is -2.17. The van der Waals surface area contributed by atoms with Crippen LogP contribution in [0.2, 0.25) is 0 Å². The molecule has 2 rings (SSSR count). The minimum atomic E-state index is 0.405. The van der Waals surface area contributed by atoms with E-state index in [1.165, 1.54) is 12.8 Å². The molecule has 1 aliphatic rings. The molecule has 2 N–H and O–H groups in total. The molecular weight excluding hydrogens is 176 g/mol. The summed E-state index contributed by atoms with van der Waals surface area (Å²) in [7, 11) is 0. The first-order chi connectivity index (χ1) is 6.85. The zero-order valence-corrected chi connectivity index (χ0v) is 8.06. The van der Waals surface area contributed by atoms with Gasteiger partial charge in [0.15, 0.2) is 0 Å². The first-order valence-electron chi connectivity index (χ1n) is 4.99. The topological polar surface area (TPSA) is 67.6 Å². The van der Waals surface area contributed by atoms with Crippen molar-refractivity contribution in [2.24, 2.45) is 11.7 Å². The molecule has 0 radical (unpaired) electrons. The second kappa shape index (κ2) is 3.81. The first kappa shape index (κ1) is 9.22. The van der Waals surface area contributed by atoms with E-state index in [-0.39, 0.29) is 0 Å². The molecule has 1 aromatic rings. The van der Waals surface area contributed by atoms with Gasteiger partial charge < -0.3 is 5.73 Å². The minimum Gasteiger partial charge on any atom is -0.330 e. The van der Waals surface area contributed by atoms with E-state index in [0.717, 1.165) is 6.42 Å². The number of rotatable bonds is 2. The fourth-order valence-corrected chi connectivity index (χ4v) is 2.22. The predicted molar refractivity (Wildman–Crippen MR) is 52.4 cm³/mol. The van der Waals surface area contributed by atoms with E-state index >= 15 is 0 Å². The maximum absolute atomic E-state index is 8.69. The highest BCUT2D eigenvalue weighted by atomic mass is 15.3. The Morgan fingerprint density at radius 2 is 2.50 bits per heavy atom. The molecule has 0 amide bonds. The Balaban J connectivity index is 2.18. The van der Waals surface area contributed by atoms with E-state index < -0.39 is 0 Å². The summed E-state index contributed by atoms with van der Waals surface area (Å²) in [5.74, 6) is 0.529. The van der Waals surface area contributed by atoms with E-state index in [1.54, 1.807) is 6.20 Å². The average Bonchev–Trinajstić information content (AvgIpc) is 2.85. The summed E-state index contributed by atoms with van der Waals surface area (Å²) >= 11 is 0. The van der Waals surface area contributed by atoms with Gasteiger partial charge in [0.1, 0.15) is 6.07 Å². The van der Waals surface area contributed by atoms with Crippen molar-refractivity contribution < 1.29 is 0 Å². The van der Waals surface area contributed by atoms with Gasteiger partial charge in [-0.3, -0.25) is 4.68 Å². The molecule has 0 aromatic carbocycles. The Kier molecular flexibility index (Phi) is 2.51. The molecule has 1 fully saturated rings. The first-order valence-corrected chi connectivity index (χ1v) is 4.99. The lowest BCUT2D eigenvalue weighted by Crippen LogP contribution is -2.21. The van der Waals surface area contributed by atoms with E-state index in [9.17, 15) is 0 Å². The van der Waals surface area contributed by atoms with Crippen LogP contribution in [0, 0.1) is 17.2 Å². The summed E-state index contributed by atoms with van der Waals surface area (Å²) < 4.78 is 1.91. The van der Waals surface area contributed by atoms with Crippen molar-refractivity contribution in [3.8, 4) is 6.07 Å². The molecule has 2 atom stereocenters. The van der Waals surface area contributed by atoms with Crippen molar-refractivity contribution >= 4 is 0 Å². The van der Waals surface area contributed by atoms with Crippen LogP contribution in [-0.4, -0.2) is 16.3 Å². The van der Waals surface area contributed by atoms with Crippen molar-refractivity contribution in [1.82, 2.24) is 9.78 Å². The Labute approximate surface area is 83.3 Å². The summed E-state index contributed by atoms with van der Waals surface area (Å²) in [6.45, 7) is 0.715. The molecule has 0 bridgehead atoms. The van der Waals surface area contributed by atoms with Gasteiger partial charge in [0, 0.05) is 6.20 Å². The highest BCUT2D eigenvalue weighted by Gasteiger charge is 2.27. The number of hydrogen-bond acceptors (Lipinski definition) is 3. The van der Waals surface area contributed by atoms with Crippen LogP contribution in [0.4, 0.5) is 0 Å². The van der Waals surface area contributed by atoms with Crippen molar-refractivity contribution in [3.63, 3.8) is 0 Å². The molecule has 1 saturated carbocycles. The molecule has 1 aliphatic carbocycles. The van der Waals surface area contributed by atoms with Crippen LogP contribution in [0.5, 0.6) is 0 Å². The van der Waals surface area contributed by atoms with Crippen LogP contribution in [0.1, 0.15) is 30.9 Å². The Bertz CT molecular complexity index is 349. The third-order valence-corrected chi connectivity index (χ3v) is 2.99. The molecule has 4 nitrogen and oxygen atoms in total. The largest absolute Gasteiger partial charge is 0.330 e. The second-order valence-corrected chi connectivity index (χ2v) is 3.81. The summed E-state index contributed by atoms with van der Waals surface area (Å²) in [5, 5.41) is 12.9. The molecule has 0 spiro atoms. The Morgan fingerprint density at radius 3 is 3.14 bits per heavy atom. The van der Waals surface area contributed by atoms with Crippen LogP contribution < -0.4 is 5.73 Å². The third kappa shape index (κ3) is 1.51. The second-order valence-electron chi connectivity index (χ2n) is 3.81. The molecule has 14 heavy (non-hydrogen) atoms. The number of nitrogens with zero attached hydrogens (tertiary/aromatic N) is 3. The lowest BCUT2D eigenvalue weighted by molar-refractivity contribution is 0.358. The van der Waals surface area contributed by atoms with Crippen LogP contribution >= 0.6 is 0 Å². The van der Waals surface area contributed by atoms with Gasteiger partial charge in [-0.2, -0.15) is 10.4 Å². The van der Waals surface area contributed by atoms with Crippen molar-refractivity contribution in [3.05, 3.63) is 18.0 Å². The van der Waals surface area contributed by atoms with E-state index in [1.807, 2.05) is 10.9 Å². The third-order valence-electron chi connectivity index (χ3n) is 2.99. The molecule has 1 aromatic heterocycles. The maximum Gasteiger partial charge on any atom is 0.102 e. The molecule has 2 unspecified atom stereocenters. The number of hydrogen-bond donors (Lipinski definition) is 1. The van der Waals surface area contributed by atoms with Crippen LogP contribution in [0.3, 0.4) is 0 Å². The van der Waals surface area contributed by atoms with Gasteiger partial charge in [0.25, 0.3) is 0 Å². The van der Waals surface area contributed by atoms with Gasteiger partial charge in [-0.25, -0.2) is 0 Å². The molecular formula is C10H14N4. The standard InChI is InChI=1S/C10H14N4/c11-4-8-6-13-14(7-8)10-3-1-2-9(10)5-12/h6-7,9-10H,1-3,5,12H2. The van der Waals surface area contributed by atoms with Crippen LogP contribution in [0.25, 0.3) is 0 Å². The fraction of sp³-hybridized carbons (Fsp3) is 0.600. The predicted octanol–water partition coefficient (Wildman–Crippen LogP) is 1.05. The van der Waals surface area contributed by atoms with E-state index in [2.05, 4.69) is 11.2 Å². The molecule has 74 valence electrons. The average molecular weight is 190 g/mol. The SMILES string of the molecule is N#Cc1cnn(C2CCCC2CN)c1. The summed E-state index contributed by atoms with van der Waals surface area (Å²) in [5.41, 5.74) is 6.33. The molecule has 0 saturated heterocycles. The van der Waals surface area contributed by atoms with Gasteiger partial charge in [0.05, 0.1) is 17.8 Å². The Hall–Kier alpha value is -1.34. The van der Waals surface area contributed by atoms with Crippen molar-refractivity contribution in [1.29, 1.82) is 5.26 Å². The highest BCUT2D eigenvalue weighted by Crippen LogP contribution is 2.34. The van der Waals surface area contributed by atoms with Crippen molar-refractivity contribution in [2.45, 2.75) is 25.3 Å². The summed E-state index contributed by atoms with van der Waals surface area (Å²) in [6.07, 6.45) is 6.97. The monoisotopic (exact) mass is 190 g/mol. The van der Waals surface area contributed by atoms with Crippen molar-refractivity contribution in [2.75, 3.05) is 6.54 Å². The van der Waals surface area contributed by atoms with Crippen LogP contribution in [-0.2, 0) is 0 Å². The molecule has 1 heterocycles. The molecule has 0 aliphatic heterocycles. The number of nitriles is 1. The normalized spacial score (nSPS) is 26.3. The summed E-state index contributed by atoms with van der Waals surface area (Å²) in [4.78, 5) is 0. The minimum absolute atomic E-state index is 0.405. The number of nitrogens with two attached hydrogens (primary N) is 1. The Morgan fingerprint density at radius 1 is 1.64 bits per heavy atom.